The monoisotopic (exact) mass is 940 g/mol. The maximum absolute atomic E-state index is 2.51. The Balaban J connectivity index is 0.000000218. The van der Waals surface area contributed by atoms with Gasteiger partial charge in [-0.3, -0.25) is 0 Å². The van der Waals surface area contributed by atoms with Gasteiger partial charge in [0.25, 0.3) is 0 Å². The van der Waals surface area contributed by atoms with Crippen molar-refractivity contribution in [2.75, 3.05) is 0 Å². The van der Waals surface area contributed by atoms with Crippen molar-refractivity contribution >= 4 is 14.4 Å². The summed E-state index contributed by atoms with van der Waals surface area (Å²) in [6.07, 6.45) is 10.4. The van der Waals surface area contributed by atoms with Crippen molar-refractivity contribution in [3.8, 4) is 11.1 Å². The number of hydrogen-bond donors (Lipinski definition) is 0. The van der Waals surface area contributed by atoms with E-state index < -0.39 is 0 Å². The second-order valence-corrected chi connectivity index (χ2v) is 23.4. The van der Waals surface area contributed by atoms with Crippen molar-refractivity contribution in [1.82, 2.24) is 0 Å². The van der Waals surface area contributed by atoms with Gasteiger partial charge in [-0.1, -0.05) is 102 Å². The minimum atomic E-state index is 0. The first-order valence-corrected chi connectivity index (χ1v) is 23.6. The predicted molar refractivity (Wildman–Crippen MR) is 261 cm³/mol. The SMILES string of the molecule is CC(C)(C)c1ccc([C](=[Zr+2])c2ccc(C(C)(C)C)cc2)cc1.CC1=C[CH-]C(C)(C)c2cc3c(cc21)-c1cc2c(cc1C3)C(C)(C)CC=C2C.CCc1cc(C(C)(C)C)c[cH-]1.[Cl-].[Cl-]. The van der Waals surface area contributed by atoms with Gasteiger partial charge in [0.2, 0.25) is 0 Å². The van der Waals surface area contributed by atoms with Gasteiger partial charge in [-0.15, -0.1) is 12.5 Å². The molecule has 0 amide bonds. The van der Waals surface area contributed by atoms with Crippen LogP contribution in [0.1, 0.15) is 184 Å². The average molecular weight is 943 g/mol. The van der Waals surface area contributed by atoms with Crippen molar-refractivity contribution in [2.45, 2.75) is 157 Å². The molecule has 0 radical (unpaired) electrons. The molecule has 0 N–H and O–H groups in total. The predicted octanol–water partition coefficient (Wildman–Crippen LogP) is 9.91. The minimum Gasteiger partial charge on any atom is -1.00 e. The van der Waals surface area contributed by atoms with E-state index in [1.54, 1.807) is 0 Å². The molecule has 0 unspecified atom stereocenters. The van der Waals surface area contributed by atoms with Crippen molar-refractivity contribution in [3.63, 3.8) is 0 Å². The molecular weight excluding hydrogens is 871 g/mol. The minimum absolute atomic E-state index is 0. The van der Waals surface area contributed by atoms with Crippen LogP contribution in [-0.2, 0) is 64.2 Å². The van der Waals surface area contributed by atoms with Crippen molar-refractivity contribution in [3.05, 3.63) is 176 Å². The van der Waals surface area contributed by atoms with E-state index in [-0.39, 0.29) is 46.5 Å². The summed E-state index contributed by atoms with van der Waals surface area (Å²) in [7, 11) is 0. The first-order valence-electron chi connectivity index (χ1n) is 22.4. The zero-order valence-electron chi connectivity index (χ0n) is 40.8. The molecule has 5 aromatic rings. The van der Waals surface area contributed by atoms with Gasteiger partial charge in [0.1, 0.15) is 0 Å². The molecule has 3 aliphatic rings. The third-order valence-electron chi connectivity index (χ3n) is 13.3. The van der Waals surface area contributed by atoms with Gasteiger partial charge in [-0.25, -0.2) is 18.6 Å². The molecule has 62 heavy (non-hydrogen) atoms. The molecule has 0 aliphatic heterocycles. The normalized spacial score (nSPS) is 15.5. The second-order valence-electron chi connectivity index (χ2n) is 22.1. The third kappa shape index (κ3) is 11.2. The molecule has 0 fully saturated rings. The average Bonchev–Trinajstić information content (AvgIpc) is 3.82. The Morgan fingerprint density at radius 2 is 1.05 bits per heavy atom. The Morgan fingerprint density at radius 1 is 0.597 bits per heavy atom. The van der Waals surface area contributed by atoms with E-state index in [9.17, 15) is 0 Å². The van der Waals surface area contributed by atoms with Gasteiger partial charge >= 0.3 is 151 Å². The summed E-state index contributed by atoms with van der Waals surface area (Å²) < 4.78 is 1.42. The van der Waals surface area contributed by atoms with Crippen molar-refractivity contribution in [2.24, 2.45) is 0 Å². The molecule has 0 spiro atoms. The molecule has 3 aliphatic carbocycles. The van der Waals surface area contributed by atoms with Gasteiger partial charge in [0, 0.05) is 0 Å². The molecule has 0 saturated heterocycles. The van der Waals surface area contributed by atoms with Crippen LogP contribution in [0.3, 0.4) is 0 Å². The smallest absolute Gasteiger partial charge is 0.00133 e. The molecule has 0 heterocycles. The van der Waals surface area contributed by atoms with E-state index in [4.69, 9.17) is 0 Å². The Hall–Kier alpha value is -3.09. The fraction of sp³-hybridized carbons (Fsp3) is 0.407. The summed E-state index contributed by atoms with van der Waals surface area (Å²) in [5.74, 6) is 0. The summed E-state index contributed by atoms with van der Waals surface area (Å²) in [5.41, 5.74) is 24.1. The summed E-state index contributed by atoms with van der Waals surface area (Å²) in [6.45, 7) is 36.5. The molecule has 5 aromatic carbocycles. The largest absolute Gasteiger partial charge is 1.00 e. The number of halogens is 2. The van der Waals surface area contributed by atoms with Gasteiger partial charge in [-0.05, 0) is 70.2 Å². The summed E-state index contributed by atoms with van der Waals surface area (Å²) in [6, 6.07) is 34.8. The molecule has 0 nitrogen and oxygen atoms in total. The maximum atomic E-state index is 2.51. The number of fused-ring (bicyclic) bond motifs is 5. The Kier molecular flexibility index (Phi) is 15.9. The topological polar surface area (TPSA) is 0 Å². The number of rotatable bonds is 3. The molecule has 0 saturated carbocycles. The van der Waals surface area contributed by atoms with Crippen LogP contribution in [0.4, 0.5) is 0 Å². The number of aryl methyl sites for hydroxylation is 1. The van der Waals surface area contributed by atoms with E-state index in [2.05, 4.69) is 220 Å². The van der Waals surface area contributed by atoms with Crippen LogP contribution >= 0.6 is 0 Å². The molecule has 0 atom stereocenters. The fourth-order valence-electron chi connectivity index (χ4n) is 8.79. The summed E-state index contributed by atoms with van der Waals surface area (Å²) in [4.78, 5) is 0. The molecule has 0 aromatic heterocycles. The quantitative estimate of drug-likeness (QED) is 0.155. The van der Waals surface area contributed by atoms with Crippen LogP contribution < -0.4 is 24.8 Å². The van der Waals surface area contributed by atoms with Crippen molar-refractivity contribution < 1.29 is 49.0 Å². The van der Waals surface area contributed by atoms with E-state index in [1.807, 2.05) is 0 Å². The van der Waals surface area contributed by atoms with E-state index in [0.717, 1.165) is 19.3 Å². The summed E-state index contributed by atoms with van der Waals surface area (Å²) >= 11 is 1.46. The zero-order chi connectivity index (χ0) is 44.2. The Bertz CT molecular complexity index is 2290. The standard InChI is InChI=1S/C27H29.C21H26.C11H17.2ClH.Zr/c1-16-7-9-26(3,4)24-12-18-11-19-13-25-21(17(2)8-10-27(25,5)6)15-23(19)22(18)14-20(16)24;1-20(2,3)18-11-7-16(8-12-18)15-17-9-13-19(14-10-17)21(4,5)6;1-5-9-6-7-10(8-9)11(2,3)4;;;/h7-9,12-15H,10-11H2,1-6H3;7-14H,1-6H3;6-8H,5H2,1-4H3;2*1H;/q-1;;-1;;;+2/p-2. The van der Waals surface area contributed by atoms with Crippen LogP contribution in [0, 0.1) is 6.42 Å². The number of allylic oxidation sites excluding steroid dienone is 4. The van der Waals surface area contributed by atoms with Crippen molar-refractivity contribution in [1.29, 1.82) is 0 Å². The van der Waals surface area contributed by atoms with Crippen LogP contribution in [0.15, 0.2) is 103 Å². The molecule has 3 heteroatoms. The Morgan fingerprint density at radius 3 is 1.47 bits per heavy atom. The third-order valence-corrected chi connectivity index (χ3v) is 14.7. The first-order chi connectivity index (χ1) is 27.8. The number of benzene rings is 4. The van der Waals surface area contributed by atoms with Crippen LogP contribution in [0.5, 0.6) is 0 Å². The molecule has 328 valence electrons. The Labute approximate surface area is 405 Å². The van der Waals surface area contributed by atoms with Gasteiger partial charge in [-0.2, -0.15) is 28.8 Å². The first kappa shape index (κ1) is 51.5. The molecule has 8 rings (SSSR count). The van der Waals surface area contributed by atoms with Crippen LogP contribution in [-0.4, -0.2) is 3.21 Å². The summed E-state index contributed by atoms with van der Waals surface area (Å²) in [5, 5.41) is 0. The molecular formula is C59H72Cl2Zr-2. The number of hydrogen-bond acceptors (Lipinski definition) is 0. The van der Waals surface area contributed by atoms with E-state index in [0.29, 0.717) is 5.41 Å². The van der Waals surface area contributed by atoms with Crippen LogP contribution in [0.25, 0.3) is 22.3 Å². The van der Waals surface area contributed by atoms with Gasteiger partial charge in [0.05, 0.1) is 0 Å². The van der Waals surface area contributed by atoms with Gasteiger partial charge < -0.3 is 24.8 Å². The van der Waals surface area contributed by atoms with Gasteiger partial charge in [0.15, 0.2) is 0 Å². The molecule has 0 bridgehead atoms. The van der Waals surface area contributed by atoms with E-state index in [1.165, 1.54) is 116 Å². The zero-order valence-corrected chi connectivity index (χ0v) is 44.7. The van der Waals surface area contributed by atoms with E-state index >= 15 is 0 Å². The maximum Gasteiger partial charge on any atom is -0.00133 e. The van der Waals surface area contributed by atoms with Crippen LogP contribution in [0.2, 0.25) is 0 Å². The second kappa shape index (κ2) is 19.2. The fourth-order valence-corrected chi connectivity index (χ4v) is 9.61.